The Balaban J connectivity index is 2.11. The molecule has 2 amide bonds. The van der Waals surface area contributed by atoms with E-state index < -0.39 is 11.9 Å². The highest BCUT2D eigenvalue weighted by atomic mass is 35.5. The Morgan fingerprint density at radius 2 is 1.91 bits per heavy atom. The van der Waals surface area contributed by atoms with Crippen LogP contribution in [-0.2, 0) is 9.59 Å². The highest BCUT2D eigenvalue weighted by molar-refractivity contribution is 7.12. The number of carbonyl (C=O) groups excluding carboxylic acids is 3. The van der Waals surface area contributed by atoms with Gasteiger partial charge in [0.25, 0.3) is 5.91 Å². The second-order valence-electron chi connectivity index (χ2n) is 4.27. The second kappa shape index (κ2) is 7.57. The van der Waals surface area contributed by atoms with E-state index in [1.54, 1.807) is 17.5 Å². The fraction of sp³-hybridized carbons (Fsp3) is 0. The molecule has 2 aromatic rings. The van der Waals surface area contributed by atoms with Crippen LogP contribution in [0.2, 0.25) is 5.02 Å². The summed E-state index contributed by atoms with van der Waals surface area (Å²) in [5, 5.41) is 17.4. The minimum absolute atomic E-state index is 0.304. The van der Waals surface area contributed by atoms with E-state index in [4.69, 9.17) is 11.6 Å². The van der Waals surface area contributed by atoms with Crippen LogP contribution in [0.5, 0.6) is 0 Å². The van der Waals surface area contributed by atoms with Crippen molar-refractivity contribution in [3.05, 3.63) is 57.8 Å². The normalized spacial score (nSPS) is 10.5. The third-order valence-electron chi connectivity index (χ3n) is 2.60. The summed E-state index contributed by atoms with van der Waals surface area (Å²) < 4.78 is 0. The summed E-state index contributed by atoms with van der Waals surface area (Å²) in [4.78, 5) is 34.3. The summed E-state index contributed by atoms with van der Waals surface area (Å²) in [6, 6.07) is 7.92. The molecule has 8 heteroatoms. The number of carbonyl (C=O) groups is 3. The maximum absolute atomic E-state index is 12.0. The van der Waals surface area contributed by atoms with Gasteiger partial charge in [-0.25, -0.2) is 0 Å². The number of aliphatic carboxylic acids is 1. The van der Waals surface area contributed by atoms with Gasteiger partial charge in [-0.1, -0.05) is 17.7 Å². The van der Waals surface area contributed by atoms with Crippen molar-refractivity contribution in [3.8, 4) is 0 Å². The van der Waals surface area contributed by atoms with Crippen molar-refractivity contribution in [2.75, 3.05) is 10.6 Å². The van der Waals surface area contributed by atoms with E-state index in [0.29, 0.717) is 27.4 Å². The standard InChI is InChI=1S/C15H11ClN2O4S/c16-10-4-3-9(17-13(19)5-6-14(20)21)8-11(10)18-15(22)12-2-1-7-23-12/h1-8H,(H,17,19)(H,18,22)(H,20,21)/p-1. The van der Waals surface area contributed by atoms with Gasteiger partial charge in [-0.3, -0.25) is 9.59 Å². The van der Waals surface area contributed by atoms with E-state index in [2.05, 4.69) is 10.6 Å². The largest absolute Gasteiger partial charge is 0.545 e. The molecule has 1 aromatic heterocycles. The fourth-order valence-electron chi connectivity index (χ4n) is 1.62. The van der Waals surface area contributed by atoms with E-state index in [1.807, 2.05) is 0 Å². The molecule has 0 saturated carbocycles. The van der Waals surface area contributed by atoms with Gasteiger partial charge in [0.1, 0.15) is 0 Å². The zero-order valence-electron chi connectivity index (χ0n) is 11.5. The molecule has 1 aromatic carbocycles. The van der Waals surface area contributed by atoms with Gasteiger partial charge in [-0.15, -0.1) is 11.3 Å². The smallest absolute Gasteiger partial charge is 0.265 e. The fourth-order valence-corrected chi connectivity index (χ4v) is 2.40. The zero-order chi connectivity index (χ0) is 16.8. The van der Waals surface area contributed by atoms with Gasteiger partial charge in [0.15, 0.2) is 0 Å². The third kappa shape index (κ3) is 4.94. The Morgan fingerprint density at radius 3 is 2.57 bits per heavy atom. The number of carboxylic acid groups (broad SMARTS) is 1. The van der Waals surface area contributed by atoms with Gasteiger partial charge in [-0.05, 0) is 35.7 Å². The number of rotatable bonds is 5. The van der Waals surface area contributed by atoms with Crippen molar-refractivity contribution in [1.82, 2.24) is 0 Å². The summed E-state index contributed by atoms with van der Waals surface area (Å²) in [6.07, 6.45) is 1.44. The number of hydrogen-bond donors (Lipinski definition) is 2. The minimum atomic E-state index is -1.47. The van der Waals surface area contributed by atoms with Crippen molar-refractivity contribution in [2.45, 2.75) is 0 Å². The van der Waals surface area contributed by atoms with Crippen molar-refractivity contribution in [1.29, 1.82) is 0 Å². The maximum Gasteiger partial charge on any atom is 0.265 e. The van der Waals surface area contributed by atoms with Crippen LogP contribution >= 0.6 is 22.9 Å². The molecule has 0 spiro atoms. The van der Waals surface area contributed by atoms with Crippen LogP contribution in [0, 0.1) is 0 Å². The average molecular weight is 350 g/mol. The van der Waals surface area contributed by atoms with Gasteiger partial charge < -0.3 is 20.5 Å². The first-order chi connectivity index (χ1) is 11.0. The SMILES string of the molecule is O=C([O-])C=CC(=O)Nc1ccc(Cl)c(NC(=O)c2cccs2)c1. The summed E-state index contributed by atoms with van der Waals surface area (Å²) in [7, 11) is 0. The predicted molar refractivity (Wildman–Crippen MR) is 86.5 cm³/mol. The van der Waals surface area contributed by atoms with E-state index in [1.165, 1.54) is 29.5 Å². The van der Waals surface area contributed by atoms with Gasteiger partial charge in [0.2, 0.25) is 5.91 Å². The molecule has 6 nitrogen and oxygen atoms in total. The molecule has 0 bridgehead atoms. The quantitative estimate of drug-likeness (QED) is 0.805. The van der Waals surface area contributed by atoms with Gasteiger partial charge in [0.05, 0.1) is 21.6 Å². The highest BCUT2D eigenvalue weighted by Crippen LogP contribution is 2.26. The average Bonchev–Trinajstić information content (AvgIpc) is 3.03. The molecular formula is C15H10ClN2O4S-. The third-order valence-corrected chi connectivity index (χ3v) is 3.80. The molecule has 0 saturated heterocycles. The molecule has 0 atom stereocenters. The summed E-state index contributed by atoms with van der Waals surface area (Å²) >= 11 is 7.30. The summed E-state index contributed by atoms with van der Waals surface area (Å²) in [5.74, 6) is -2.44. The van der Waals surface area contributed by atoms with E-state index in [0.717, 1.165) is 6.08 Å². The molecule has 2 rings (SSSR count). The second-order valence-corrected chi connectivity index (χ2v) is 5.62. The van der Waals surface area contributed by atoms with Crippen LogP contribution in [0.3, 0.4) is 0 Å². The maximum atomic E-state index is 12.0. The number of halogens is 1. The molecule has 0 aliphatic rings. The van der Waals surface area contributed by atoms with Crippen molar-refractivity contribution in [3.63, 3.8) is 0 Å². The summed E-state index contributed by atoms with van der Waals surface area (Å²) in [6.45, 7) is 0. The van der Waals surface area contributed by atoms with Crippen LogP contribution in [0.15, 0.2) is 47.9 Å². The molecular weight excluding hydrogens is 340 g/mol. The Hall–Kier alpha value is -2.64. The Bertz CT molecular complexity index is 772. The Morgan fingerprint density at radius 1 is 1.13 bits per heavy atom. The van der Waals surface area contributed by atoms with E-state index in [-0.39, 0.29) is 5.91 Å². The Kier molecular flexibility index (Phi) is 5.51. The minimum Gasteiger partial charge on any atom is -0.545 e. The lowest BCUT2D eigenvalue weighted by atomic mass is 10.2. The molecule has 118 valence electrons. The highest BCUT2D eigenvalue weighted by Gasteiger charge is 2.10. The first-order valence-electron chi connectivity index (χ1n) is 6.30. The van der Waals surface area contributed by atoms with Crippen LogP contribution in [0.4, 0.5) is 11.4 Å². The molecule has 0 radical (unpaired) electrons. The van der Waals surface area contributed by atoms with Gasteiger partial charge in [-0.2, -0.15) is 0 Å². The first kappa shape index (κ1) is 16.7. The molecule has 23 heavy (non-hydrogen) atoms. The van der Waals surface area contributed by atoms with E-state index >= 15 is 0 Å². The molecule has 0 aliphatic heterocycles. The number of benzene rings is 1. The molecule has 1 heterocycles. The predicted octanol–water partition coefficient (Wildman–Crippen LogP) is 1.90. The number of thiophene rings is 1. The number of anilines is 2. The zero-order valence-corrected chi connectivity index (χ0v) is 13.1. The molecule has 2 N–H and O–H groups in total. The van der Waals surface area contributed by atoms with Gasteiger partial charge >= 0.3 is 0 Å². The number of carboxylic acids is 1. The van der Waals surface area contributed by atoms with Gasteiger partial charge in [0, 0.05) is 11.8 Å². The van der Waals surface area contributed by atoms with Crippen LogP contribution in [-0.4, -0.2) is 17.8 Å². The van der Waals surface area contributed by atoms with Crippen LogP contribution < -0.4 is 15.7 Å². The monoisotopic (exact) mass is 349 g/mol. The molecule has 0 fully saturated rings. The van der Waals surface area contributed by atoms with Crippen LogP contribution in [0.1, 0.15) is 9.67 Å². The first-order valence-corrected chi connectivity index (χ1v) is 7.56. The molecule has 0 unspecified atom stereocenters. The lowest BCUT2D eigenvalue weighted by molar-refractivity contribution is -0.297. The Labute approximate surface area is 140 Å². The van der Waals surface area contributed by atoms with E-state index in [9.17, 15) is 19.5 Å². The van der Waals surface area contributed by atoms with Crippen molar-refractivity contribution < 1.29 is 19.5 Å². The lowest BCUT2D eigenvalue weighted by Crippen LogP contribution is -2.20. The van der Waals surface area contributed by atoms with Crippen LogP contribution in [0.25, 0.3) is 0 Å². The number of hydrogen-bond acceptors (Lipinski definition) is 5. The number of amides is 2. The van der Waals surface area contributed by atoms with Crippen molar-refractivity contribution in [2.24, 2.45) is 0 Å². The van der Waals surface area contributed by atoms with Crippen molar-refractivity contribution >= 4 is 52.1 Å². The topological polar surface area (TPSA) is 98.3 Å². The summed E-state index contributed by atoms with van der Waals surface area (Å²) in [5.41, 5.74) is 0.677. The molecule has 0 aliphatic carbocycles. The number of nitrogens with one attached hydrogen (secondary N) is 2. The lowest BCUT2D eigenvalue weighted by Gasteiger charge is -2.09.